The van der Waals surface area contributed by atoms with Gasteiger partial charge in [-0.15, -0.1) is 0 Å². The molecular weight excluding hydrogens is 336 g/mol. The number of benzene rings is 1. The Morgan fingerprint density at radius 1 is 1.26 bits per heavy atom. The second kappa shape index (κ2) is 6.05. The highest BCUT2D eigenvalue weighted by molar-refractivity contribution is 7.92. The van der Waals surface area contributed by atoms with Crippen LogP contribution in [0.2, 0.25) is 5.02 Å². The summed E-state index contributed by atoms with van der Waals surface area (Å²) in [4.78, 5) is 2.39. The van der Waals surface area contributed by atoms with E-state index in [0.717, 1.165) is 31.6 Å². The summed E-state index contributed by atoms with van der Waals surface area (Å²) in [6.07, 6.45) is 2.30. The van der Waals surface area contributed by atoms with E-state index in [4.69, 9.17) is 11.6 Å². The van der Waals surface area contributed by atoms with Gasteiger partial charge in [0.25, 0.3) is 10.0 Å². The molecule has 0 bridgehead atoms. The first kappa shape index (κ1) is 16.1. The van der Waals surface area contributed by atoms with Crippen molar-refractivity contribution in [3.8, 4) is 0 Å². The number of anilines is 2. The van der Waals surface area contributed by atoms with Crippen LogP contribution >= 0.6 is 11.6 Å². The van der Waals surface area contributed by atoms with Crippen LogP contribution in [0.25, 0.3) is 0 Å². The third-order valence-electron chi connectivity index (χ3n) is 3.99. The molecule has 124 valence electrons. The molecule has 0 radical (unpaired) electrons. The molecule has 0 aliphatic carbocycles. The zero-order valence-corrected chi connectivity index (χ0v) is 14.6. The Morgan fingerprint density at radius 2 is 1.96 bits per heavy atom. The maximum Gasteiger partial charge on any atom is 0.265 e. The summed E-state index contributed by atoms with van der Waals surface area (Å²) >= 11 is 6.18. The molecule has 23 heavy (non-hydrogen) atoms. The number of halogens is 1. The zero-order chi connectivity index (χ0) is 16.6. The minimum Gasteiger partial charge on any atom is -0.371 e. The lowest BCUT2D eigenvalue weighted by molar-refractivity contribution is 0.600. The summed E-state index contributed by atoms with van der Waals surface area (Å²) in [6.45, 7) is 5.29. The highest BCUT2D eigenvalue weighted by Gasteiger charge is 2.24. The third-order valence-corrected chi connectivity index (χ3v) is 5.95. The highest BCUT2D eigenvalue weighted by atomic mass is 35.5. The molecule has 6 nitrogen and oxygen atoms in total. The molecule has 1 aromatic carbocycles. The van der Waals surface area contributed by atoms with Crippen LogP contribution in [0.3, 0.4) is 0 Å². The van der Waals surface area contributed by atoms with Gasteiger partial charge in [-0.25, -0.2) is 8.42 Å². The molecular formula is C15H19ClN4O2S. The molecule has 1 aromatic heterocycles. The molecule has 0 amide bonds. The number of nitrogens with one attached hydrogen (secondary N) is 2. The number of H-pyrrole nitrogens is 1. The topological polar surface area (TPSA) is 78.1 Å². The molecule has 0 atom stereocenters. The van der Waals surface area contributed by atoms with Crippen molar-refractivity contribution in [1.82, 2.24) is 10.2 Å². The molecule has 1 saturated heterocycles. The van der Waals surface area contributed by atoms with Crippen molar-refractivity contribution in [1.29, 1.82) is 0 Å². The summed E-state index contributed by atoms with van der Waals surface area (Å²) < 4.78 is 27.9. The largest absolute Gasteiger partial charge is 0.371 e. The van der Waals surface area contributed by atoms with Gasteiger partial charge >= 0.3 is 0 Å². The monoisotopic (exact) mass is 354 g/mol. The molecule has 2 N–H and O–H groups in total. The van der Waals surface area contributed by atoms with Crippen LogP contribution in [0.5, 0.6) is 0 Å². The average Bonchev–Trinajstić information content (AvgIpc) is 3.11. The van der Waals surface area contributed by atoms with E-state index >= 15 is 0 Å². The number of aromatic amines is 1. The Labute approximate surface area is 140 Å². The van der Waals surface area contributed by atoms with Gasteiger partial charge in [-0.05, 0) is 44.9 Å². The summed E-state index contributed by atoms with van der Waals surface area (Å²) in [6, 6.07) is 5.43. The Balaban J connectivity index is 1.94. The summed E-state index contributed by atoms with van der Waals surface area (Å²) in [7, 11) is -3.74. The SMILES string of the molecule is Cc1n[nH]c(C)c1S(=O)(=O)Nc1cc(N2CCCC2)ccc1Cl. The molecule has 0 spiro atoms. The predicted octanol–water partition coefficient (Wildman–Crippen LogP) is 3.08. The van der Waals surface area contributed by atoms with Crippen molar-refractivity contribution in [3.63, 3.8) is 0 Å². The van der Waals surface area contributed by atoms with Gasteiger partial charge < -0.3 is 4.90 Å². The van der Waals surface area contributed by atoms with Crippen molar-refractivity contribution in [3.05, 3.63) is 34.6 Å². The lowest BCUT2D eigenvalue weighted by Crippen LogP contribution is -2.19. The van der Waals surface area contributed by atoms with Gasteiger partial charge in [0.1, 0.15) is 4.90 Å². The number of nitrogens with zero attached hydrogens (tertiary/aromatic N) is 2. The number of hydrogen-bond acceptors (Lipinski definition) is 4. The lowest BCUT2D eigenvalue weighted by atomic mass is 10.2. The standard InChI is InChI=1S/C15H19ClN4O2S/c1-10-15(11(2)18-17-10)23(21,22)19-14-9-12(5-6-13(14)16)20-7-3-4-8-20/h5-6,9,19H,3-4,7-8H2,1-2H3,(H,17,18). The van der Waals surface area contributed by atoms with Crippen LogP contribution in [-0.2, 0) is 10.0 Å². The number of hydrogen-bond donors (Lipinski definition) is 2. The number of aromatic nitrogens is 2. The zero-order valence-electron chi connectivity index (χ0n) is 13.1. The van der Waals surface area contributed by atoms with Crippen LogP contribution in [-0.4, -0.2) is 31.7 Å². The minimum absolute atomic E-state index is 0.167. The van der Waals surface area contributed by atoms with E-state index in [0.29, 0.717) is 22.1 Å². The smallest absolute Gasteiger partial charge is 0.265 e. The average molecular weight is 355 g/mol. The first-order valence-electron chi connectivity index (χ1n) is 7.47. The normalized spacial score (nSPS) is 15.2. The van der Waals surface area contributed by atoms with E-state index in [2.05, 4.69) is 19.8 Å². The van der Waals surface area contributed by atoms with Crippen LogP contribution in [0.1, 0.15) is 24.2 Å². The quantitative estimate of drug-likeness (QED) is 0.884. The second-order valence-corrected chi connectivity index (χ2v) is 7.75. The van der Waals surface area contributed by atoms with E-state index in [1.807, 2.05) is 6.07 Å². The van der Waals surface area contributed by atoms with E-state index in [-0.39, 0.29) is 4.90 Å². The van der Waals surface area contributed by atoms with Crippen LogP contribution < -0.4 is 9.62 Å². The number of aryl methyl sites for hydroxylation is 2. The van der Waals surface area contributed by atoms with Gasteiger partial charge in [0.2, 0.25) is 0 Å². The predicted molar refractivity (Wildman–Crippen MR) is 91.8 cm³/mol. The number of sulfonamides is 1. The van der Waals surface area contributed by atoms with Crippen molar-refractivity contribution in [2.24, 2.45) is 0 Å². The Kier molecular flexibility index (Phi) is 4.25. The van der Waals surface area contributed by atoms with Crippen LogP contribution in [0.15, 0.2) is 23.1 Å². The molecule has 3 rings (SSSR count). The molecule has 2 heterocycles. The van der Waals surface area contributed by atoms with E-state index < -0.39 is 10.0 Å². The molecule has 0 saturated carbocycles. The third kappa shape index (κ3) is 3.16. The van der Waals surface area contributed by atoms with E-state index in [1.54, 1.807) is 26.0 Å². The molecule has 0 unspecified atom stereocenters. The van der Waals surface area contributed by atoms with Gasteiger partial charge in [0.05, 0.1) is 22.1 Å². The van der Waals surface area contributed by atoms with Gasteiger partial charge in [-0.1, -0.05) is 11.6 Å². The highest BCUT2D eigenvalue weighted by Crippen LogP contribution is 2.31. The van der Waals surface area contributed by atoms with E-state index in [1.165, 1.54) is 0 Å². The maximum absolute atomic E-state index is 12.6. The summed E-state index contributed by atoms with van der Waals surface area (Å²) in [5, 5.41) is 7.00. The molecule has 1 aliphatic rings. The minimum atomic E-state index is -3.74. The fraction of sp³-hybridized carbons (Fsp3) is 0.400. The van der Waals surface area contributed by atoms with Crippen molar-refractivity contribution >= 4 is 33.0 Å². The van der Waals surface area contributed by atoms with Crippen molar-refractivity contribution < 1.29 is 8.42 Å². The maximum atomic E-state index is 12.6. The Bertz CT molecular complexity index is 806. The lowest BCUT2D eigenvalue weighted by Gasteiger charge is -2.19. The molecule has 1 aliphatic heterocycles. The Hall–Kier alpha value is -1.73. The van der Waals surface area contributed by atoms with Crippen molar-refractivity contribution in [2.45, 2.75) is 31.6 Å². The first-order chi connectivity index (χ1) is 10.9. The van der Waals surface area contributed by atoms with Crippen molar-refractivity contribution in [2.75, 3.05) is 22.7 Å². The van der Waals surface area contributed by atoms with Crippen LogP contribution in [0, 0.1) is 13.8 Å². The first-order valence-corrected chi connectivity index (χ1v) is 9.33. The summed E-state index contributed by atoms with van der Waals surface area (Å²) in [5.41, 5.74) is 2.30. The van der Waals surface area contributed by atoms with Gasteiger partial charge in [-0.3, -0.25) is 9.82 Å². The second-order valence-electron chi connectivity index (χ2n) is 5.73. The molecule has 2 aromatic rings. The molecule has 1 fully saturated rings. The Morgan fingerprint density at radius 3 is 2.57 bits per heavy atom. The van der Waals surface area contributed by atoms with Gasteiger partial charge in [0, 0.05) is 18.8 Å². The van der Waals surface area contributed by atoms with Gasteiger partial charge in [0.15, 0.2) is 0 Å². The van der Waals surface area contributed by atoms with E-state index in [9.17, 15) is 8.42 Å². The molecule has 8 heteroatoms. The fourth-order valence-electron chi connectivity index (χ4n) is 2.90. The van der Waals surface area contributed by atoms with Gasteiger partial charge in [-0.2, -0.15) is 5.10 Å². The van der Waals surface area contributed by atoms with Crippen LogP contribution in [0.4, 0.5) is 11.4 Å². The summed E-state index contributed by atoms with van der Waals surface area (Å²) in [5.74, 6) is 0. The fourth-order valence-corrected chi connectivity index (χ4v) is 4.56. The number of rotatable bonds is 4.